The summed E-state index contributed by atoms with van der Waals surface area (Å²) >= 11 is 0. The van der Waals surface area contributed by atoms with Crippen LogP contribution in [0.2, 0.25) is 0 Å². The third-order valence-electron chi connectivity index (χ3n) is 3.60. The van der Waals surface area contributed by atoms with Crippen LogP contribution in [0, 0.1) is 0 Å². The summed E-state index contributed by atoms with van der Waals surface area (Å²) in [5.74, 6) is 0.394. The minimum atomic E-state index is -2.93. The van der Waals surface area contributed by atoms with E-state index in [1.807, 2.05) is 22.8 Å². The number of aromatic nitrogens is 1. The van der Waals surface area contributed by atoms with Crippen LogP contribution in [0.5, 0.6) is 0 Å². The zero-order valence-electron chi connectivity index (χ0n) is 11.9. The van der Waals surface area contributed by atoms with Crippen LogP contribution >= 0.6 is 0 Å². The summed E-state index contributed by atoms with van der Waals surface area (Å²) in [6, 6.07) is 8.13. The maximum absolute atomic E-state index is 11.7. The van der Waals surface area contributed by atoms with Crippen molar-refractivity contribution in [2.75, 3.05) is 18.1 Å². The van der Waals surface area contributed by atoms with Crippen molar-refractivity contribution in [3.63, 3.8) is 0 Å². The summed E-state index contributed by atoms with van der Waals surface area (Å²) in [5, 5.41) is 1.20. The Balaban J connectivity index is 2.29. The van der Waals surface area contributed by atoms with Crippen LogP contribution in [0.15, 0.2) is 30.5 Å². The third kappa shape index (κ3) is 3.41. The highest BCUT2D eigenvalue weighted by molar-refractivity contribution is 7.91. The molecule has 110 valence electrons. The molecule has 0 radical (unpaired) electrons. The molecule has 0 fully saturated rings. The van der Waals surface area contributed by atoms with Gasteiger partial charge in [-0.3, -0.25) is 0 Å². The molecule has 2 rings (SSSR count). The molecule has 0 amide bonds. The lowest BCUT2D eigenvalue weighted by Crippen LogP contribution is -2.14. The first-order valence-electron chi connectivity index (χ1n) is 7.04. The quantitative estimate of drug-likeness (QED) is 0.849. The van der Waals surface area contributed by atoms with Crippen molar-refractivity contribution in [2.45, 2.75) is 26.3 Å². The van der Waals surface area contributed by atoms with E-state index in [1.54, 1.807) is 6.92 Å². The fraction of sp³-hybridized carbons (Fsp3) is 0.467. The average molecular weight is 294 g/mol. The molecule has 0 aliphatic rings. The number of rotatable bonds is 7. The zero-order valence-corrected chi connectivity index (χ0v) is 12.7. The first kappa shape index (κ1) is 15.1. The molecule has 1 heterocycles. The smallest absolute Gasteiger partial charge is 0.151 e. The second kappa shape index (κ2) is 6.41. The van der Waals surface area contributed by atoms with E-state index in [0.29, 0.717) is 13.1 Å². The molecule has 4 nitrogen and oxygen atoms in total. The van der Waals surface area contributed by atoms with Gasteiger partial charge in [-0.15, -0.1) is 0 Å². The topological polar surface area (TPSA) is 65.1 Å². The van der Waals surface area contributed by atoms with Gasteiger partial charge in [0.25, 0.3) is 0 Å². The Morgan fingerprint density at radius 1 is 1.25 bits per heavy atom. The molecule has 2 N–H and O–H groups in total. The van der Waals surface area contributed by atoms with E-state index >= 15 is 0 Å². The number of nitrogens with two attached hydrogens (primary N) is 1. The monoisotopic (exact) mass is 294 g/mol. The normalized spacial score (nSPS) is 12.1. The van der Waals surface area contributed by atoms with Crippen LogP contribution in [-0.2, 0) is 22.8 Å². The molecular formula is C15H22N2O2S. The lowest BCUT2D eigenvalue weighted by Gasteiger charge is -2.05. The molecule has 0 unspecified atom stereocenters. The van der Waals surface area contributed by atoms with Crippen molar-refractivity contribution < 1.29 is 8.42 Å². The Bertz CT molecular complexity index is 674. The van der Waals surface area contributed by atoms with Gasteiger partial charge in [-0.05, 0) is 31.0 Å². The van der Waals surface area contributed by atoms with E-state index < -0.39 is 9.84 Å². The minimum absolute atomic E-state index is 0.193. The van der Waals surface area contributed by atoms with E-state index in [2.05, 4.69) is 12.3 Å². The second-order valence-corrected chi connectivity index (χ2v) is 7.47. The van der Waals surface area contributed by atoms with Crippen molar-refractivity contribution in [2.24, 2.45) is 5.73 Å². The SMILES string of the molecule is CCS(=O)(=O)CCn1cc(CCCN)c2ccccc21. The van der Waals surface area contributed by atoms with Crippen molar-refractivity contribution >= 4 is 20.7 Å². The molecule has 0 aliphatic carbocycles. The number of hydrogen-bond acceptors (Lipinski definition) is 3. The highest BCUT2D eigenvalue weighted by Gasteiger charge is 2.11. The van der Waals surface area contributed by atoms with Gasteiger partial charge >= 0.3 is 0 Å². The number of hydrogen-bond donors (Lipinski definition) is 1. The van der Waals surface area contributed by atoms with Crippen LogP contribution in [0.3, 0.4) is 0 Å². The average Bonchev–Trinajstić information content (AvgIpc) is 2.81. The zero-order chi connectivity index (χ0) is 14.6. The van der Waals surface area contributed by atoms with Gasteiger partial charge in [-0.1, -0.05) is 25.1 Å². The van der Waals surface area contributed by atoms with E-state index in [9.17, 15) is 8.42 Å². The Morgan fingerprint density at radius 3 is 2.70 bits per heavy atom. The fourth-order valence-electron chi connectivity index (χ4n) is 2.38. The fourth-order valence-corrected chi connectivity index (χ4v) is 3.14. The highest BCUT2D eigenvalue weighted by atomic mass is 32.2. The van der Waals surface area contributed by atoms with Gasteiger partial charge in [0.1, 0.15) is 0 Å². The Kier molecular flexibility index (Phi) is 4.83. The van der Waals surface area contributed by atoms with E-state index in [4.69, 9.17) is 5.73 Å². The summed E-state index contributed by atoms with van der Waals surface area (Å²) in [7, 11) is -2.93. The molecule has 5 heteroatoms. The first-order valence-corrected chi connectivity index (χ1v) is 8.87. The number of sulfone groups is 1. The van der Waals surface area contributed by atoms with Gasteiger partial charge < -0.3 is 10.3 Å². The maximum Gasteiger partial charge on any atom is 0.151 e. The summed E-state index contributed by atoms with van der Waals surface area (Å²) < 4.78 is 25.4. The van der Waals surface area contributed by atoms with Crippen LogP contribution in [0.25, 0.3) is 10.9 Å². The molecule has 0 aliphatic heterocycles. The van der Waals surface area contributed by atoms with Crippen LogP contribution in [-0.4, -0.2) is 31.0 Å². The van der Waals surface area contributed by atoms with Crippen LogP contribution < -0.4 is 5.73 Å². The van der Waals surface area contributed by atoms with Gasteiger partial charge in [-0.2, -0.15) is 0 Å². The molecule has 20 heavy (non-hydrogen) atoms. The molecule has 1 aromatic heterocycles. The molecule has 0 saturated heterocycles. The van der Waals surface area contributed by atoms with Crippen LogP contribution in [0.4, 0.5) is 0 Å². The summed E-state index contributed by atoms with van der Waals surface area (Å²) in [6.45, 7) is 2.87. The van der Waals surface area contributed by atoms with Gasteiger partial charge in [0.05, 0.1) is 5.75 Å². The van der Waals surface area contributed by atoms with Crippen LogP contribution in [0.1, 0.15) is 18.9 Å². The largest absolute Gasteiger partial charge is 0.346 e. The van der Waals surface area contributed by atoms with Crippen molar-refractivity contribution in [3.8, 4) is 0 Å². The van der Waals surface area contributed by atoms with Gasteiger partial charge in [-0.25, -0.2) is 8.42 Å². The summed E-state index contributed by atoms with van der Waals surface area (Å²) in [6.07, 6.45) is 3.96. The second-order valence-electron chi connectivity index (χ2n) is 4.99. The predicted octanol–water partition coefficient (Wildman–Crippen LogP) is 1.97. The van der Waals surface area contributed by atoms with Crippen molar-refractivity contribution in [1.82, 2.24) is 4.57 Å². The standard InChI is InChI=1S/C15H22N2O2S/c1-2-20(18,19)11-10-17-12-13(6-5-9-16)14-7-3-4-8-15(14)17/h3-4,7-8,12H,2,5-6,9-11,16H2,1H3. The minimum Gasteiger partial charge on any atom is -0.346 e. The Labute approximate surface area is 120 Å². The highest BCUT2D eigenvalue weighted by Crippen LogP contribution is 2.22. The van der Waals surface area contributed by atoms with Crippen molar-refractivity contribution in [1.29, 1.82) is 0 Å². The number of nitrogens with zero attached hydrogens (tertiary/aromatic N) is 1. The summed E-state index contributed by atoms with van der Waals surface area (Å²) in [5.41, 5.74) is 7.93. The van der Waals surface area contributed by atoms with E-state index in [0.717, 1.165) is 18.4 Å². The van der Waals surface area contributed by atoms with Gasteiger partial charge in [0.2, 0.25) is 0 Å². The van der Waals surface area contributed by atoms with Gasteiger partial charge in [0, 0.05) is 29.4 Å². The van der Waals surface area contributed by atoms with E-state index in [1.165, 1.54) is 10.9 Å². The molecule has 0 saturated carbocycles. The number of para-hydroxylation sites is 1. The molecule has 0 atom stereocenters. The van der Waals surface area contributed by atoms with Gasteiger partial charge in [0.15, 0.2) is 9.84 Å². The lowest BCUT2D eigenvalue weighted by molar-refractivity contribution is 0.591. The molecule has 1 aromatic carbocycles. The number of fused-ring (bicyclic) bond motifs is 1. The maximum atomic E-state index is 11.7. The Hall–Kier alpha value is -1.33. The number of benzene rings is 1. The number of aryl methyl sites for hydroxylation is 2. The Morgan fingerprint density at radius 2 is 2.00 bits per heavy atom. The molecule has 0 bridgehead atoms. The molecule has 2 aromatic rings. The first-order chi connectivity index (χ1) is 9.57. The molecular weight excluding hydrogens is 272 g/mol. The predicted molar refractivity (Wildman–Crippen MR) is 83.6 cm³/mol. The molecule has 0 spiro atoms. The lowest BCUT2D eigenvalue weighted by atomic mass is 10.1. The third-order valence-corrected chi connectivity index (χ3v) is 5.29. The summed E-state index contributed by atoms with van der Waals surface area (Å²) in [4.78, 5) is 0. The van der Waals surface area contributed by atoms with E-state index in [-0.39, 0.29) is 11.5 Å². The van der Waals surface area contributed by atoms with Crippen molar-refractivity contribution in [3.05, 3.63) is 36.0 Å².